The van der Waals surface area contributed by atoms with Gasteiger partial charge >= 0.3 is 0 Å². The SMILES string of the molecule is Cc1ncsc1CNc1cc(Cl)nc(C(C)(C)C)n1. The normalized spacial score (nSPS) is 11.6. The van der Waals surface area contributed by atoms with Gasteiger partial charge in [-0.05, 0) is 6.92 Å². The van der Waals surface area contributed by atoms with Crippen LogP contribution in [0.25, 0.3) is 0 Å². The number of halogens is 1. The third-order valence-electron chi connectivity index (χ3n) is 2.64. The van der Waals surface area contributed by atoms with Crippen LogP contribution in [0.5, 0.6) is 0 Å². The van der Waals surface area contributed by atoms with Crippen molar-refractivity contribution in [2.24, 2.45) is 0 Å². The highest BCUT2D eigenvalue weighted by atomic mass is 35.5. The lowest BCUT2D eigenvalue weighted by molar-refractivity contribution is 0.546. The molecule has 0 bridgehead atoms. The molecular weight excluding hydrogens is 280 g/mol. The van der Waals surface area contributed by atoms with Crippen molar-refractivity contribution in [2.75, 3.05) is 5.32 Å². The van der Waals surface area contributed by atoms with Crippen LogP contribution in [0.1, 0.15) is 37.2 Å². The summed E-state index contributed by atoms with van der Waals surface area (Å²) in [6.45, 7) is 8.90. The Morgan fingerprint density at radius 1 is 1.32 bits per heavy atom. The smallest absolute Gasteiger partial charge is 0.137 e. The van der Waals surface area contributed by atoms with E-state index in [0.29, 0.717) is 11.7 Å². The van der Waals surface area contributed by atoms with Gasteiger partial charge in [-0.1, -0.05) is 32.4 Å². The predicted octanol–water partition coefficient (Wildman–Crippen LogP) is 3.80. The van der Waals surface area contributed by atoms with Gasteiger partial charge in [-0.25, -0.2) is 15.0 Å². The quantitative estimate of drug-likeness (QED) is 0.875. The second-order valence-corrected chi connectivity index (χ2v) is 6.69. The Hall–Kier alpha value is -1.20. The molecule has 102 valence electrons. The number of aromatic nitrogens is 3. The number of anilines is 1. The zero-order valence-corrected chi connectivity index (χ0v) is 13.1. The molecule has 6 heteroatoms. The third-order valence-corrected chi connectivity index (χ3v) is 3.77. The van der Waals surface area contributed by atoms with E-state index in [1.54, 1.807) is 17.4 Å². The van der Waals surface area contributed by atoms with E-state index in [0.717, 1.165) is 17.3 Å². The molecule has 2 aromatic heterocycles. The fraction of sp³-hybridized carbons (Fsp3) is 0.462. The van der Waals surface area contributed by atoms with Crippen LogP contribution in [-0.4, -0.2) is 15.0 Å². The molecule has 2 rings (SSSR count). The van der Waals surface area contributed by atoms with Crippen molar-refractivity contribution >= 4 is 28.8 Å². The van der Waals surface area contributed by atoms with E-state index in [4.69, 9.17) is 11.6 Å². The minimum atomic E-state index is -0.123. The molecule has 0 aliphatic heterocycles. The molecule has 0 fully saturated rings. The summed E-state index contributed by atoms with van der Waals surface area (Å²) in [4.78, 5) is 14.2. The Morgan fingerprint density at radius 3 is 2.63 bits per heavy atom. The number of thiazole rings is 1. The summed E-state index contributed by atoms with van der Waals surface area (Å²) in [6, 6.07) is 1.74. The second-order valence-electron chi connectivity index (χ2n) is 5.36. The summed E-state index contributed by atoms with van der Waals surface area (Å²) in [7, 11) is 0. The van der Waals surface area contributed by atoms with E-state index in [-0.39, 0.29) is 5.41 Å². The zero-order chi connectivity index (χ0) is 14.0. The molecule has 0 aromatic carbocycles. The summed E-state index contributed by atoms with van der Waals surface area (Å²) in [5, 5.41) is 3.74. The highest BCUT2D eigenvalue weighted by molar-refractivity contribution is 7.09. The predicted molar refractivity (Wildman–Crippen MR) is 79.9 cm³/mol. The highest BCUT2D eigenvalue weighted by Gasteiger charge is 2.18. The minimum absolute atomic E-state index is 0.123. The van der Waals surface area contributed by atoms with E-state index in [1.807, 2.05) is 12.4 Å². The molecule has 2 heterocycles. The van der Waals surface area contributed by atoms with Crippen molar-refractivity contribution in [2.45, 2.75) is 39.7 Å². The molecule has 0 amide bonds. The number of nitrogens with one attached hydrogen (secondary N) is 1. The van der Waals surface area contributed by atoms with Crippen molar-refractivity contribution < 1.29 is 0 Å². The maximum Gasteiger partial charge on any atom is 0.137 e. The van der Waals surface area contributed by atoms with Crippen molar-refractivity contribution in [1.82, 2.24) is 15.0 Å². The molecule has 0 radical (unpaired) electrons. The fourth-order valence-corrected chi connectivity index (χ4v) is 2.41. The lowest BCUT2D eigenvalue weighted by atomic mass is 9.96. The molecule has 0 spiro atoms. The molecule has 2 aromatic rings. The lowest BCUT2D eigenvalue weighted by Gasteiger charge is -2.17. The maximum absolute atomic E-state index is 6.05. The van der Waals surface area contributed by atoms with E-state index in [2.05, 4.69) is 41.0 Å². The Balaban J connectivity index is 2.17. The van der Waals surface area contributed by atoms with Crippen LogP contribution < -0.4 is 5.32 Å². The van der Waals surface area contributed by atoms with Crippen LogP contribution in [0.15, 0.2) is 11.6 Å². The number of hydrogen-bond donors (Lipinski definition) is 1. The molecule has 0 unspecified atom stereocenters. The summed E-state index contributed by atoms with van der Waals surface area (Å²) >= 11 is 7.68. The van der Waals surface area contributed by atoms with E-state index >= 15 is 0 Å². The fourth-order valence-electron chi connectivity index (χ4n) is 1.51. The van der Waals surface area contributed by atoms with Crippen LogP contribution >= 0.6 is 22.9 Å². The second kappa shape index (κ2) is 5.43. The van der Waals surface area contributed by atoms with Gasteiger partial charge in [0, 0.05) is 16.4 Å². The van der Waals surface area contributed by atoms with Crippen molar-refractivity contribution in [3.8, 4) is 0 Å². The summed E-state index contributed by atoms with van der Waals surface area (Å²) in [5.74, 6) is 1.49. The zero-order valence-electron chi connectivity index (χ0n) is 11.5. The Bertz CT molecular complexity index is 574. The van der Waals surface area contributed by atoms with Gasteiger partial charge < -0.3 is 5.32 Å². The van der Waals surface area contributed by atoms with E-state index < -0.39 is 0 Å². The van der Waals surface area contributed by atoms with Gasteiger partial charge in [-0.3, -0.25) is 0 Å². The molecular formula is C13H17ClN4S. The Morgan fingerprint density at radius 2 is 2.05 bits per heavy atom. The van der Waals surface area contributed by atoms with Crippen molar-refractivity contribution in [3.63, 3.8) is 0 Å². The van der Waals surface area contributed by atoms with Crippen molar-refractivity contribution in [3.05, 3.63) is 33.1 Å². The van der Waals surface area contributed by atoms with E-state index in [9.17, 15) is 0 Å². The van der Waals surface area contributed by atoms with Gasteiger partial charge in [0.2, 0.25) is 0 Å². The topological polar surface area (TPSA) is 50.7 Å². The van der Waals surface area contributed by atoms with Crippen molar-refractivity contribution in [1.29, 1.82) is 0 Å². The Kier molecular flexibility index (Phi) is 4.06. The number of hydrogen-bond acceptors (Lipinski definition) is 5. The first kappa shape index (κ1) is 14.2. The molecule has 0 saturated heterocycles. The number of nitrogens with zero attached hydrogens (tertiary/aromatic N) is 3. The summed E-state index contributed by atoms with van der Waals surface area (Å²) in [6.07, 6.45) is 0. The highest BCUT2D eigenvalue weighted by Crippen LogP contribution is 2.23. The average molecular weight is 297 g/mol. The van der Waals surface area contributed by atoms with Crippen LogP contribution in [0.4, 0.5) is 5.82 Å². The number of rotatable bonds is 3. The molecule has 0 saturated carbocycles. The molecule has 4 nitrogen and oxygen atoms in total. The monoisotopic (exact) mass is 296 g/mol. The summed E-state index contributed by atoms with van der Waals surface area (Å²) < 4.78 is 0. The molecule has 19 heavy (non-hydrogen) atoms. The standard InChI is InChI=1S/C13H17ClN4S/c1-8-9(19-7-16-8)6-15-11-5-10(14)17-12(18-11)13(2,3)4/h5,7H,6H2,1-4H3,(H,15,17,18). The van der Waals surface area contributed by atoms with Crippen LogP contribution in [-0.2, 0) is 12.0 Å². The van der Waals surface area contributed by atoms with Crippen LogP contribution in [0.3, 0.4) is 0 Å². The first-order chi connectivity index (χ1) is 8.86. The largest absolute Gasteiger partial charge is 0.365 e. The van der Waals surface area contributed by atoms with Gasteiger partial charge in [-0.2, -0.15) is 0 Å². The van der Waals surface area contributed by atoms with Gasteiger partial charge in [0.1, 0.15) is 16.8 Å². The minimum Gasteiger partial charge on any atom is -0.365 e. The van der Waals surface area contributed by atoms with Gasteiger partial charge in [0.05, 0.1) is 17.7 Å². The molecule has 0 aliphatic carbocycles. The van der Waals surface area contributed by atoms with Gasteiger partial charge in [-0.15, -0.1) is 11.3 Å². The molecule has 1 N–H and O–H groups in total. The van der Waals surface area contributed by atoms with Crippen LogP contribution in [0, 0.1) is 6.92 Å². The first-order valence-corrected chi connectivity index (χ1v) is 7.30. The number of aryl methyl sites for hydroxylation is 1. The molecule has 0 atom stereocenters. The Labute approximate surface area is 122 Å². The van der Waals surface area contributed by atoms with Crippen LogP contribution in [0.2, 0.25) is 5.15 Å². The van der Waals surface area contributed by atoms with Gasteiger partial charge in [0.15, 0.2) is 0 Å². The first-order valence-electron chi connectivity index (χ1n) is 6.04. The molecule has 0 aliphatic rings. The average Bonchev–Trinajstić information content (AvgIpc) is 2.70. The van der Waals surface area contributed by atoms with Gasteiger partial charge in [0.25, 0.3) is 0 Å². The van der Waals surface area contributed by atoms with E-state index in [1.165, 1.54) is 4.88 Å². The third kappa shape index (κ3) is 3.64. The lowest BCUT2D eigenvalue weighted by Crippen LogP contribution is -2.17. The summed E-state index contributed by atoms with van der Waals surface area (Å²) in [5.41, 5.74) is 2.77. The maximum atomic E-state index is 6.05.